The van der Waals surface area contributed by atoms with Crippen LogP contribution in [0.15, 0.2) is 49.2 Å². The molecule has 1 N–H and O–H groups in total. The smallest absolute Gasteiger partial charge is 0.251 e. The molecule has 2 aromatic heterocycles. The van der Waals surface area contributed by atoms with Crippen LogP contribution in [0.4, 0.5) is 0 Å². The molecule has 3 aromatic rings. The van der Waals surface area contributed by atoms with Crippen LogP contribution in [-0.4, -0.2) is 43.7 Å². The summed E-state index contributed by atoms with van der Waals surface area (Å²) in [7, 11) is 0. The number of amides is 1. The van der Waals surface area contributed by atoms with Gasteiger partial charge in [-0.15, -0.1) is 10.2 Å². The average Bonchev–Trinajstić information content (AvgIpc) is 3.19. The molecule has 0 bridgehead atoms. The SMILES string of the molecule is CCSCCNC(=O)c1cccc(-c2cnc(-n3cnnc3)c(C)c2)c1. The summed E-state index contributed by atoms with van der Waals surface area (Å²) in [5, 5.41) is 10.6. The lowest BCUT2D eigenvalue weighted by molar-refractivity contribution is 0.0956. The second-order valence-electron chi connectivity index (χ2n) is 5.77. The van der Waals surface area contributed by atoms with Crippen molar-refractivity contribution in [1.82, 2.24) is 25.1 Å². The van der Waals surface area contributed by atoms with Gasteiger partial charge in [0.2, 0.25) is 0 Å². The predicted molar refractivity (Wildman–Crippen MR) is 105 cm³/mol. The maximum Gasteiger partial charge on any atom is 0.251 e. The van der Waals surface area contributed by atoms with Gasteiger partial charge in [-0.3, -0.25) is 9.36 Å². The first-order valence-electron chi connectivity index (χ1n) is 8.47. The minimum Gasteiger partial charge on any atom is -0.351 e. The Morgan fingerprint density at radius 3 is 2.73 bits per heavy atom. The number of nitrogens with one attached hydrogen (secondary N) is 1. The lowest BCUT2D eigenvalue weighted by atomic mass is 10.0. The zero-order valence-electron chi connectivity index (χ0n) is 14.8. The first kappa shape index (κ1) is 18.1. The summed E-state index contributed by atoms with van der Waals surface area (Å²) in [5.74, 6) is 2.73. The standard InChI is InChI=1S/C19H21N5OS/c1-3-26-8-7-20-19(25)16-6-4-5-15(10-16)17-9-14(2)18(21-11-17)24-12-22-23-13-24/h4-6,9-13H,3,7-8H2,1-2H3,(H,20,25). The molecular formula is C19H21N5OS. The molecule has 134 valence electrons. The fraction of sp³-hybridized carbons (Fsp3) is 0.263. The Morgan fingerprint density at radius 2 is 2.00 bits per heavy atom. The van der Waals surface area contributed by atoms with Crippen molar-refractivity contribution in [3.05, 3.63) is 60.3 Å². The van der Waals surface area contributed by atoms with Gasteiger partial charge in [0.05, 0.1) is 0 Å². The molecule has 0 radical (unpaired) electrons. The Morgan fingerprint density at radius 1 is 1.19 bits per heavy atom. The fourth-order valence-corrected chi connectivity index (χ4v) is 3.16. The number of thioether (sulfide) groups is 1. The van der Waals surface area contributed by atoms with Crippen LogP contribution in [0, 0.1) is 6.92 Å². The third-order valence-corrected chi connectivity index (χ3v) is 4.81. The third kappa shape index (κ3) is 4.29. The quantitative estimate of drug-likeness (QED) is 0.650. The first-order chi connectivity index (χ1) is 12.7. The molecule has 1 aromatic carbocycles. The Kier molecular flexibility index (Phi) is 6.01. The summed E-state index contributed by atoms with van der Waals surface area (Å²) >= 11 is 1.81. The van der Waals surface area contributed by atoms with Crippen LogP contribution in [0.3, 0.4) is 0 Å². The molecule has 0 saturated heterocycles. The maximum atomic E-state index is 12.3. The van der Waals surface area contributed by atoms with E-state index >= 15 is 0 Å². The van der Waals surface area contributed by atoms with Gasteiger partial charge < -0.3 is 5.32 Å². The molecule has 7 heteroatoms. The van der Waals surface area contributed by atoms with Crippen molar-refractivity contribution in [3.8, 4) is 16.9 Å². The Bertz CT molecular complexity index is 879. The maximum absolute atomic E-state index is 12.3. The minimum atomic E-state index is -0.0469. The van der Waals surface area contributed by atoms with Crippen LogP contribution >= 0.6 is 11.8 Å². The largest absolute Gasteiger partial charge is 0.351 e. The van der Waals surface area contributed by atoms with Gasteiger partial charge in [-0.25, -0.2) is 4.98 Å². The van der Waals surface area contributed by atoms with Gasteiger partial charge in [0, 0.05) is 29.6 Å². The van der Waals surface area contributed by atoms with E-state index in [1.165, 1.54) is 0 Å². The molecule has 0 aliphatic rings. The topological polar surface area (TPSA) is 72.7 Å². The summed E-state index contributed by atoms with van der Waals surface area (Å²) < 4.78 is 1.78. The van der Waals surface area contributed by atoms with E-state index in [1.807, 2.05) is 43.0 Å². The predicted octanol–water partition coefficient (Wildman–Crippen LogP) is 3.12. The number of carbonyl (C=O) groups is 1. The number of rotatable bonds is 7. The molecule has 0 saturated carbocycles. The summed E-state index contributed by atoms with van der Waals surface area (Å²) in [6.07, 6.45) is 5.05. The lowest BCUT2D eigenvalue weighted by Gasteiger charge is -2.09. The van der Waals surface area contributed by atoms with E-state index in [4.69, 9.17) is 0 Å². The molecule has 0 aliphatic heterocycles. The fourth-order valence-electron chi connectivity index (χ4n) is 2.63. The van der Waals surface area contributed by atoms with E-state index in [0.29, 0.717) is 12.1 Å². The number of aryl methyl sites for hydroxylation is 1. The van der Waals surface area contributed by atoms with Crippen molar-refractivity contribution in [3.63, 3.8) is 0 Å². The lowest BCUT2D eigenvalue weighted by Crippen LogP contribution is -2.25. The summed E-state index contributed by atoms with van der Waals surface area (Å²) in [6.45, 7) is 4.78. The van der Waals surface area contributed by atoms with Crippen molar-refractivity contribution in [2.75, 3.05) is 18.1 Å². The molecule has 0 spiro atoms. The van der Waals surface area contributed by atoms with Crippen LogP contribution in [0.2, 0.25) is 0 Å². The Balaban J connectivity index is 1.77. The van der Waals surface area contributed by atoms with Gasteiger partial charge in [0.1, 0.15) is 18.5 Å². The van der Waals surface area contributed by atoms with Crippen molar-refractivity contribution in [2.24, 2.45) is 0 Å². The number of pyridine rings is 1. The van der Waals surface area contributed by atoms with Crippen molar-refractivity contribution in [1.29, 1.82) is 0 Å². The van der Waals surface area contributed by atoms with E-state index in [-0.39, 0.29) is 5.91 Å². The number of nitrogens with zero attached hydrogens (tertiary/aromatic N) is 4. The van der Waals surface area contributed by atoms with Gasteiger partial charge >= 0.3 is 0 Å². The zero-order chi connectivity index (χ0) is 18.4. The van der Waals surface area contributed by atoms with Crippen LogP contribution in [0.25, 0.3) is 16.9 Å². The van der Waals surface area contributed by atoms with Crippen molar-refractivity contribution < 1.29 is 4.79 Å². The Labute approximate surface area is 157 Å². The number of benzene rings is 1. The highest BCUT2D eigenvalue weighted by molar-refractivity contribution is 7.99. The molecule has 3 rings (SSSR count). The molecule has 6 nitrogen and oxygen atoms in total. The summed E-state index contributed by atoms with van der Waals surface area (Å²) in [6, 6.07) is 9.67. The van der Waals surface area contributed by atoms with Crippen LogP contribution < -0.4 is 5.32 Å². The van der Waals surface area contributed by atoms with Crippen molar-refractivity contribution >= 4 is 17.7 Å². The summed E-state index contributed by atoms with van der Waals surface area (Å²) in [5.41, 5.74) is 3.60. The summed E-state index contributed by atoms with van der Waals surface area (Å²) in [4.78, 5) is 16.8. The highest BCUT2D eigenvalue weighted by atomic mass is 32.2. The second-order valence-corrected chi connectivity index (χ2v) is 7.16. The number of carbonyl (C=O) groups excluding carboxylic acids is 1. The molecule has 0 atom stereocenters. The molecule has 0 unspecified atom stereocenters. The highest BCUT2D eigenvalue weighted by Crippen LogP contribution is 2.23. The number of hydrogen-bond acceptors (Lipinski definition) is 5. The van der Waals surface area contributed by atoms with E-state index in [9.17, 15) is 4.79 Å². The van der Waals surface area contributed by atoms with Gasteiger partial charge in [0.25, 0.3) is 5.91 Å². The van der Waals surface area contributed by atoms with Gasteiger partial charge in [0.15, 0.2) is 0 Å². The molecule has 26 heavy (non-hydrogen) atoms. The molecule has 0 fully saturated rings. The third-order valence-electron chi connectivity index (χ3n) is 3.91. The van der Waals surface area contributed by atoms with Crippen LogP contribution in [-0.2, 0) is 0 Å². The average molecular weight is 367 g/mol. The van der Waals surface area contributed by atoms with Gasteiger partial charge in [-0.1, -0.05) is 19.1 Å². The van der Waals surface area contributed by atoms with Crippen molar-refractivity contribution in [2.45, 2.75) is 13.8 Å². The van der Waals surface area contributed by atoms with Gasteiger partial charge in [-0.2, -0.15) is 11.8 Å². The van der Waals surface area contributed by atoms with E-state index < -0.39 is 0 Å². The van der Waals surface area contributed by atoms with E-state index in [0.717, 1.165) is 34.0 Å². The van der Waals surface area contributed by atoms with E-state index in [2.05, 4.69) is 33.5 Å². The monoisotopic (exact) mass is 367 g/mol. The van der Waals surface area contributed by atoms with Gasteiger partial charge in [-0.05, 0) is 42.0 Å². The molecular weight excluding hydrogens is 346 g/mol. The normalized spacial score (nSPS) is 10.7. The van der Waals surface area contributed by atoms with Crippen LogP contribution in [0.1, 0.15) is 22.8 Å². The minimum absolute atomic E-state index is 0.0469. The Hall–Kier alpha value is -2.67. The molecule has 1 amide bonds. The second kappa shape index (κ2) is 8.62. The number of hydrogen-bond donors (Lipinski definition) is 1. The highest BCUT2D eigenvalue weighted by Gasteiger charge is 2.09. The first-order valence-corrected chi connectivity index (χ1v) is 9.62. The molecule has 0 aliphatic carbocycles. The number of aromatic nitrogens is 4. The van der Waals surface area contributed by atoms with E-state index in [1.54, 1.807) is 23.4 Å². The van der Waals surface area contributed by atoms with Crippen LogP contribution in [0.5, 0.6) is 0 Å². The zero-order valence-corrected chi connectivity index (χ0v) is 15.7. The molecule has 2 heterocycles.